The Morgan fingerprint density at radius 3 is 2.11 bits per heavy atom. The predicted molar refractivity (Wildman–Crippen MR) is 83.6 cm³/mol. The van der Waals surface area contributed by atoms with Crippen LogP contribution in [0.1, 0.15) is 59.1 Å². The average Bonchev–Trinajstić information content (AvgIpc) is 2.38. The number of anilines is 1. The van der Waals surface area contributed by atoms with Crippen molar-refractivity contribution in [2.24, 2.45) is 5.92 Å². The van der Waals surface area contributed by atoms with Crippen molar-refractivity contribution in [3.63, 3.8) is 0 Å². The van der Waals surface area contributed by atoms with Crippen LogP contribution in [-0.2, 0) is 0 Å². The molecule has 108 valence electrons. The molecule has 0 aliphatic carbocycles. The summed E-state index contributed by atoms with van der Waals surface area (Å²) < 4.78 is 0. The van der Waals surface area contributed by atoms with Crippen LogP contribution in [0.15, 0.2) is 24.3 Å². The van der Waals surface area contributed by atoms with E-state index in [0.717, 1.165) is 24.9 Å². The molecule has 0 unspecified atom stereocenters. The van der Waals surface area contributed by atoms with E-state index in [4.69, 9.17) is 0 Å². The zero-order chi connectivity index (χ0) is 14.4. The second-order valence-corrected chi connectivity index (χ2v) is 5.75. The summed E-state index contributed by atoms with van der Waals surface area (Å²) in [7, 11) is 0. The van der Waals surface area contributed by atoms with Gasteiger partial charge in [0.1, 0.15) is 0 Å². The number of para-hydroxylation sites is 1. The number of aliphatic hydroxyl groups excluding tert-OH is 1. The molecule has 2 heteroatoms. The maximum absolute atomic E-state index is 9.99. The molecule has 0 spiro atoms. The minimum Gasteiger partial charge on any atom is -0.389 e. The summed E-state index contributed by atoms with van der Waals surface area (Å²) in [5, 5.41) is 9.99. The summed E-state index contributed by atoms with van der Waals surface area (Å²) >= 11 is 0. The summed E-state index contributed by atoms with van der Waals surface area (Å²) in [4.78, 5) is 2.48. The lowest BCUT2D eigenvalue weighted by Crippen LogP contribution is -2.38. The molecular formula is C17H29NO. The normalized spacial score (nSPS) is 13.1. The van der Waals surface area contributed by atoms with Gasteiger partial charge in [-0.3, -0.25) is 0 Å². The summed E-state index contributed by atoms with van der Waals surface area (Å²) in [6.07, 6.45) is 1.86. The van der Waals surface area contributed by atoms with E-state index in [2.05, 4.69) is 44.7 Å². The molecular weight excluding hydrogens is 234 g/mol. The van der Waals surface area contributed by atoms with E-state index in [0.29, 0.717) is 12.0 Å². The quantitative estimate of drug-likeness (QED) is 0.788. The summed E-state index contributed by atoms with van der Waals surface area (Å²) in [5.74, 6) is 0.614. The first kappa shape index (κ1) is 16.0. The SMILES string of the molecule is CCC(CC)N(CC(C)C)c1ccccc1[C@H](C)O. The van der Waals surface area contributed by atoms with E-state index < -0.39 is 6.10 Å². The van der Waals surface area contributed by atoms with Crippen LogP contribution in [0.25, 0.3) is 0 Å². The monoisotopic (exact) mass is 263 g/mol. The number of rotatable bonds is 7. The molecule has 0 aromatic heterocycles. The number of hydrogen-bond acceptors (Lipinski definition) is 2. The van der Waals surface area contributed by atoms with Gasteiger partial charge in [-0.15, -0.1) is 0 Å². The Morgan fingerprint density at radius 1 is 1.05 bits per heavy atom. The summed E-state index contributed by atoms with van der Waals surface area (Å²) in [6, 6.07) is 8.80. The fourth-order valence-electron chi connectivity index (χ4n) is 2.67. The fraction of sp³-hybridized carbons (Fsp3) is 0.647. The van der Waals surface area contributed by atoms with Crippen molar-refractivity contribution >= 4 is 5.69 Å². The average molecular weight is 263 g/mol. The highest BCUT2D eigenvalue weighted by molar-refractivity contribution is 5.55. The number of hydrogen-bond donors (Lipinski definition) is 1. The van der Waals surface area contributed by atoms with E-state index >= 15 is 0 Å². The number of nitrogens with zero attached hydrogens (tertiary/aromatic N) is 1. The molecule has 2 nitrogen and oxygen atoms in total. The van der Waals surface area contributed by atoms with Crippen LogP contribution >= 0.6 is 0 Å². The molecule has 0 amide bonds. The molecule has 1 N–H and O–H groups in total. The lowest BCUT2D eigenvalue weighted by Gasteiger charge is -2.36. The zero-order valence-electron chi connectivity index (χ0n) is 13.1. The van der Waals surface area contributed by atoms with Crippen molar-refractivity contribution in [1.82, 2.24) is 0 Å². The zero-order valence-corrected chi connectivity index (χ0v) is 13.1. The van der Waals surface area contributed by atoms with Crippen LogP contribution < -0.4 is 4.90 Å². The lowest BCUT2D eigenvalue weighted by molar-refractivity contribution is 0.199. The third-order valence-corrected chi connectivity index (χ3v) is 3.64. The van der Waals surface area contributed by atoms with Gasteiger partial charge in [-0.05, 0) is 31.7 Å². The molecule has 1 rings (SSSR count). The predicted octanol–water partition coefficient (Wildman–Crippen LogP) is 4.39. The first-order valence-corrected chi connectivity index (χ1v) is 7.54. The molecule has 0 heterocycles. The van der Waals surface area contributed by atoms with E-state index in [-0.39, 0.29) is 0 Å². The van der Waals surface area contributed by atoms with E-state index in [1.807, 2.05) is 19.1 Å². The Kier molecular flexibility index (Phi) is 6.36. The van der Waals surface area contributed by atoms with Crippen LogP contribution in [0, 0.1) is 5.92 Å². The van der Waals surface area contributed by atoms with Crippen molar-refractivity contribution in [3.05, 3.63) is 29.8 Å². The Morgan fingerprint density at radius 2 is 1.63 bits per heavy atom. The van der Waals surface area contributed by atoms with Gasteiger partial charge in [0.15, 0.2) is 0 Å². The molecule has 1 aromatic carbocycles. The topological polar surface area (TPSA) is 23.5 Å². The van der Waals surface area contributed by atoms with Gasteiger partial charge in [-0.25, -0.2) is 0 Å². The van der Waals surface area contributed by atoms with Crippen molar-refractivity contribution in [2.45, 2.75) is 59.6 Å². The highest BCUT2D eigenvalue weighted by Crippen LogP contribution is 2.29. The minimum absolute atomic E-state index is 0.416. The first-order valence-electron chi connectivity index (χ1n) is 7.54. The fourth-order valence-corrected chi connectivity index (χ4v) is 2.67. The van der Waals surface area contributed by atoms with Crippen LogP contribution in [0.5, 0.6) is 0 Å². The van der Waals surface area contributed by atoms with Gasteiger partial charge in [0, 0.05) is 23.8 Å². The third kappa shape index (κ3) is 4.24. The van der Waals surface area contributed by atoms with Crippen molar-refractivity contribution in [3.8, 4) is 0 Å². The highest BCUT2D eigenvalue weighted by atomic mass is 16.3. The standard InChI is InChI=1S/C17H29NO/c1-6-15(7-2)18(12-13(3)4)17-11-9-8-10-16(17)14(5)19/h8-11,13-15,19H,6-7,12H2,1-5H3/t14-/m0/s1. The third-order valence-electron chi connectivity index (χ3n) is 3.64. The van der Waals surface area contributed by atoms with Gasteiger partial charge >= 0.3 is 0 Å². The Bertz CT molecular complexity index is 369. The van der Waals surface area contributed by atoms with Crippen LogP contribution in [-0.4, -0.2) is 17.7 Å². The second kappa shape index (κ2) is 7.54. The molecule has 0 aliphatic rings. The van der Waals surface area contributed by atoms with Gasteiger partial charge in [0.05, 0.1) is 6.10 Å². The maximum Gasteiger partial charge on any atom is 0.0781 e. The van der Waals surface area contributed by atoms with Crippen molar-refractivity contribution in [1.29, 1.82) is 0 Å². The molecule has 1 atom stereocenters. The Labute approximate surface area is 118 Å². The Hall–Kier alpha value is -1.02. The van der Waals surface area contributed by atoms with Crippen LogP contribution in [0.4, 0.5) is 5.69 Å². The number of aliphatic hydroxyl groups is 1. The number of benzene rings is 1. The van der Waals surface area contributed by atoms with E-state index in [1.54, 1.807) is 0 Å². The molecule has 0 saturated carbocycles. The maximum atomic E-state index is 9.99. The van der Waals surface area contributed by atoms with Gasteiger partial charge in [0.2, 0.25) is 0 Å². The summed E-state index contributed by atoms with van der Waals surface area (Å²) in [6.45, 7) is 11.9. The van der Waals surface area contributed by atoms with Crippen molar-refractivity contribution in [2.75, 3.05) is 11.4 Å². The van der Waals surface area contributed by atoms with Crippen LogP contribution in [0.2, 0.25) is 0 Å². The van der Waals surface area contributed by atoms with Crippen LogP contribution in [0.3, 0.4) is 0 Å². The molecule has 0 fully saturated rings. The molecule has 1 aromatic rings. The largest absolute Gasteiger partial charge is 0.389 e. The molecule has 19 heavy (non-hydrogen) atoms. The summed E-state index contributed by atoms with van der Waals surface area (Å²) in [5.41, 5.74) is 2.23. The van der Waals surface area contributed by atoms with Gasteiger partial charge < -0.3 is 10.0 Å². The minimum atomic E-state index is -0.416. The van der Waals surface area contributed by atoms with Gasteiger partial charge in [0.25, 0.3) is 0 Å². The first-order chi connectivity index (χ1) is 9.01. The van der Waals surface area contributed by atoms with Gasteiger partial charge in [-0.2, -0.15) is 0 Å². The van der Waals surface area contributed by atoms with E-state index in [1.165, 1.54) is 5.69 Å². The molecule has 0 bridgehead atoms. The molecule has 0 aliphatic heterocycles. The highest BCUT2D eigenvalue weighted by Gasteiger charge is 2.20. The molecule has 0 radical (unpaired) electrons. The molecule has 0 saturated heterocycles. The smallest absolute Gasteiger partial charge is 0.0781 e. The Balaban J connectivity index is 3.16. The van der Waals surface area contributed by atoms with Gasteiger partial charge in [-0.1, -0.05) is 45.9 Å². The van der Waals surface area contributed by atoms with Crippen molar-refractivity contribution < 1.29 is 5.11 Å². The van der Waals surface area contributed by atoms with E-state index in [9.17, 15) is 5.11 Å². The second-order valence-electron chi connectivity index (χ2n) is 5.75. The lowest BCUT2D eigenvalue weighted by atomic mass is 10.0.